The van der Waals surface area contributed by atoms with Crippen LogP contribution in [0.5, 0.6) is 0 Å². The molecule has 0 aliphatic carbocycles. The van der Waals surface area contributed by atoms with E-state index in [0.717, 1.165) is 4.90 Å². The van der Waals surface area contributed by atoms with Crippen molar-refractivity contribution >= 4 is 23.5 Å². The van der Waals surface area contributed by atoms with Crippen LogP contribution in [0.4, 0.5) is 0 Å². The number of Topliss-reactive ketones (excluding diaryl/α,β-unsaturated/α-hetero) is 1. The van der Waals surface area contributed by atoms with Gasteiger partial charge in [-0.15, -0.1) is 11.8 Å². The van der Waals surface area contributed by atoms with Crippen LogP contribution in [0.25, 0.3) is 0 Å². The minimum atomic E-state index is -0.856. The van der Waals surface area contributed by atoms with Crippen molar-refractivity contribution in [3.63, 3.8) is 0 Å². The lowest BCUT2D eigenvalue weighted by Crippen LogP contribution is -2.01. The summed E-state index contributed by atoms with van der Waals surface area (Å²) in [6.07, 6.45) is 2.72. The van der Waals surface area contributed by atoms with Gasteiger partial charge in [0.15, 0.2) is 5.78 Å². The Labute approximate surface area is 98.9 Å². The summed E-state index contributed by atoms with van der Waals surface area (Å²) < 4.78 is 0. The Morgan fingerprint density at radius 1 is 1.19 bits per heavy atom. The first-order valence-electron chi connectivity index (χ1n) is 5.02. The van der Waals surface area contributed by atoms with Gasteiger partial charge in [-0.25, -0.2) is 0 Å². The monoisotopic (exact) mass is 238 g/mol. The third-order valence-electron chi connectivity index (χ3n) is 2.21. The molecule has 0 heterocycles. The van der Waals surface area contributed by atoms with Crippen molar-refractivity contribution in [3.05, 3.63) is 29.8 Å². The third kappa shape index (κ3) is 4.06. The Hall–Kier alpha value is -1.29. The second-order valence-electron chi connectivity index (χ2n) is 3.40. The fourth-order valence-electron chi connectivity index (χ4n) is 1.32. The number of carbonyl (C=O) groups is 2. The highest BCUT2D eigenvalue weighted by Gasteiger charge is 2.06. The third-order valence-corrected chi connectivity index (χ3v) is 2.95. The van der Waals surface area contributed by atoms with Crippen molar-refractivity contribution in [2.45, 2.75) is 24.2 Å². The van der Waals surface area contributed by atoms with Crippen LogP contribution in [-0.2, 0) is 4.79 Å². The molecule has 1 aromatic rings. The maximum absolute atomic E-state index is 11.6. The fraction of sp³-hybridized carbons (Fsp3) is 0.333. The predicted molar refractivity (Wildman–Crippen MR) is 64.0 cm³/mol. The summed E-state index contributed by atoms with van der Waals surface area (Å²) in [5.74, 6) is -0.848. The van der Waals surface area contributed by atoms with Crippen LogP contribution in [0, 0.1) is 0 Å². The zero-order chi connectivity index (χ0) is 12.0. The van der Waals surface area contributed by atoms with E-state index in [1.165, 1.54) is 0 Å². The number of hydrogen-bond donors (Lipinski definition) is 1. The topological polar surface area (TPSA) is 54.4 Å². The second-order valence-corrected chi connectivity index (χ2v) is 4.28. The number of hydrogen-bond acceptors (Lipinski definition) is 3. The van der Waals surface area contributed by atoms with Gasteiger partial charge in [0.1, 0.15) is 0 Å². The number of thioether (sulfide) groups is 1. The zero-order valence-corrected chi connectivity index (χ0v) is 9.92. The molecule has 4 heteroatoms. The molecule has 0 unspecified atom stereocenters. The molecule has 0 spiro atoms. The number of benzene rings is 1. The standard InChI is InChI=1S/C12H14O3S/c1-16-10-7-5-9(6-8-10)11(13)3-2-4-12(14)15/h5-8H,2-4H2,1H3,(H,14,15). The maximum Gasteiger partial charge on any atom is 0.303 e. The Balaban J connectivity index is 2.49. The van der Waals surface area contributed by atoms with Gasteiger partial charge in [-0.3, -0.25) is 9.59 Å². The minimum Gasteiger partial charge on any atom is -0.481 e. The molecule has 0 aromatic heterocycles. The molecular weight excluding hydrogens is 224 g/mol. The van der Waals surface area contributed by atoms with Crippen molar-refractivity contribution in [3.8, 4) is 0 Å². The summed E-state index contributed by atoms with van der Waals surface area (Å²) >= 11 is 1.62. The van der Waals surface area contributed by atoms with E-state index in [0.29, 0.717) is 18.4 Å². The Morgan fingerprint density at radius 3 is 2.31 bits per heavy atom. The van der Waals surface area contributed by atoms with Gasteiger partial charge in [0.05, 0.1) is 0 Å². The number of carboxylic acids is 1. The van der Waals surface area contributed by atoms with E-state index in [4.69, 9.17) is 5.11 Å². The molecule has 0 radical (unpaired) electrons. The molecule has 1 rings (SSSR count). The van der Waals surface area contributed by atoms with Crippen molar-refractivity contribution in [1.29, 1.82) is 0 Å². The highest BCUT2D eigenvalue weighted by Crippen LogP contribution is 2.16. The summed E-state index contributed by atoms with van der Waals surface area (Å²) in [6.45, 7) is 0. The Kier molecular flexibility index (Phi) is 5.05. The fourth-order valence-corrected chi connectivity index (χ4v) is 1.73. The molecule has 16 heavy (non-hydrogen) atoms. The van der Waals surface area contributed by atoms with E-state index >= 15 is 0 Å². The van der Waals surface area contributed by atoms with Crippen molar-refractivity contribution in [1.82, 2.24) is 0 Å². The molecule has 0 saturated carbocycles. The molecule has 1 N–H and O–H groups in total. The first-order chi connectivity index (χ1) is 7.63. The van der Waals surface area contributed by atoms with Gasteiger partial charge in [-0.2, -0.15) is 0 Å². The first-order valence-corrected chi connectivity index (χ1v) is 6.25. The van der Waals surface area contributed by atoms with Gasteiger partial charge in [-0.1, -0.05) is 12.1 Å². The van der Waals surface area contributed by atoms with Crippen LogP contribution in [-0.4, -0.2) is 23.1 Å². The number of ketones is 1. The van der Waals surface area contributed by atoms with Gasteiger partial charge in [0, 0.05) is 23.3 Å². The van der Waals surface area contributed by atoms with Crippen molar-refractivity contribution in [2.75, 3.05) is 6.26 Å². The first kappa shape index (κ1) is 12.8. The van der Waals surface area contributed by atoms with Crippen LogP contribution in [0.3, 0.4) is 0 Å². The normalized spacial score (nSPS) is 10.1. The zero-order valence-electron chi connectivity index (χ0n) is 9.10. The summed E-state index contributed by atoms with van der Waals surface area (Å²) in [4.78, 5) is 23.0. The van der Waals surface area contributed by atoms with Gasteiger partial charge < -0.3 is 5.11 Å². The minimum absolute atomic E-state index is 0.00824. The van der Waals surface area contributed by atoms with Gasteiger partial charge in [0.25, 0.3) is 0 Å². The predicted octanol–water partition coefficient (Wildman–Crippen LogP) is 2.85. The van der Waals surface area contributed by atoms with Crippen LogP contribution in [0.1, 0.15) is 29.6 Å². The SMILES string of the molecule is CSc1ccc(C(=O)CCCC(=O)O)cc1. The van der Waals surface area contributed by atoms with Gasteiger partial charge in [-0.05, 0) is 24.8 Å². The molecule has 0 aliphatic heterocycles. The number of aliphatic carboxylic acids is 1. The average molecular weight is 238 g/mol. The van der Waals surface area contributed by atoms with E-state index in [2.05, 4.69) is 0 Å². The van der Waals surface area contributed by atoms with Crippen LogP contribution >= 0.6 is 11.8 Å². The highest BCUT2D eigenvalue weighted by atomic mass is 32.2. The lowest BCUT2D eigenvalue weighted by Gasteiger charge is -2.01. The Bertz CT molecular complexity index is 370. The molecule has 3 nitrogen and oxygen atoms in total. The van der Waals surface area contributed by atoms with Gasteiger partial charge >= 0.3 is 5.97 Å². The molecule has 0 saturated heterocycles. The largest absolute Gasteiger partial charge is 0.481 e. The molecular formula is C12H14O3S. The number of rotatable bonds is 6. The van der Waals surface area contributed by atoms with Crippen LogP contribution in [0.15, 0.2) is 29.2 Å². The Morgan fingerprint density at radius 2 is 1.81 bits per heavy atom. The number of carbonyl (C=O) groups excluding carboxylic acids is 1. The summed E-state index contributed by atoms with van der Waals surface area (Å²) in [7, 11) is 0. The average Bonchev–Trinajstić information content (AvgIpc) is 2.28. The summed E-state index contributed by atoms with van der Waals surface area (Å²) in [6, 6.07) is 7.37. The maximum atomic E-state index is 11.6. The molecule has 86 valence electrons. The van der Waals surface area contributed by atoms with E-state index in [-0.39, 0.29) is 12.2 Å². The smallest absolute Gasteiger partial charge is 0.303 e. The molecule has 0 atom stereocenters. The molecule has 0 amide bonds. The van der Waals surface area contributed by atoms with Crippen molar-refractivity contribution < 1.29 is 14.7 Å². The van der Waals surface area contributed by atoms with Crippen LogP contribution in [0.2, 0.25) is 0 Å². The molecule has 0 fully saturated rings. The van der Waals surface area contributed by atoms with Crippen LogP contribution < -0.4 is 0 Å². The highest BCUT2D eigenvalue weighted by molar-refractivity contribution is 7.98. The molecule has 0 aliphatic rings. The van der Waals surface area contributed by atoms with Crippen molar-refractivity contribution in [2.24, 2.45) is 0 Å². The van der Waals surface area contributed by atoms with E-state index in [1.54, 1.807) is 23.9 Å². The van der Waals surface area contributed by atoms with E-state index < -0.39 is 5.97 Å². The lowest BCUT2D eigenvalue weighted by molar-refractivity contribution is -0.137. The molecule has 1 aromatic carbocycles. The molecule has 0 bridgehead atoms. The van der Waals surface area contributed by atoms with Gasteiger partial charge in [0.2, 0.25) is 0 Å². The second kappa shape index (κ2) is 6.33. The lowest BCUT2D eigenvalue weighted by atomic mass is 10.1. The summed E-state index contributed by atoms with van der Waals surface area (Å²) in [5, 5.41) is 8.45. The quantitative estimate of drug-likeness (QED) is 0.611. The summed E-state index contributed by atoms with van der Waals surface area (Å²) in [5.41, 5.74) is 0.656. The van der Waals surface area contributed by atoms with E-state index in [9.17, 15) is 9.59 Å². The van der Waals surface area contributed by atoms with E-state index in [1.807, 2.05) is 18.4 Å². The number of carboxylic acid groups (broad SMARTS) is 1.